The van der Waals surface area contributed by atoms with E-state index in [2.05, 4.69) is 32.1 Å². The van der Waals surface area contributed by atoms with E-state index in [0.29, 0.717) is 5.92 Å². The zero-order valence-electron chi connectivity index (χ0n) is 7.80. The van der Waals surface area contributed by atoms with Crippen LogP contribution in [0.25, 0.3) is 0 Å². The molecule has 1 unspecified atom stereocenters. The molecule has 0 radical (unpaired) electrons. The molecule has 64 valence electrons. The Hall–Kier alpha value is -1.03. The molecule has 12 heavy (non-hydrogen) atoms. The lowest BCUT2D eigenvalue weighted by Crippen LogP contribution is -2.04. The molecule has 0 amide bonds. The third-order valence-corrected chi connectivity index (χ3v) is 2.15. The Bertz CT molecular complexity index is 249. The van der Waals surface area contributed by atoms with Gasteiger partial charge in [0.05, 0.1) is 6.07 Å². The summed E-state index contributed by atoms with van der Waals surface area (Å²) in [6, 6.07) is 2.28. The van der Waals surface area contributed by atoms with Crippen molar-refractivity contribution < 1.29 is 0 Å². The molecule has 0 N–H and O–H groups in total. The quantitative estimate of drug-likeness (QED) is 0.542. The van der Waals surface area contributed by atoms with Crippen LogP contribution in [0.1, 0.15) is 33.1 Å². The van der Waals surface area contributed by atoms with Crippen LogP contribution < -0.4 is 0 Å². The molecule has 1 rings (SSSR count). The Balaban J connectivity index is 2.77. The number of nitriles is 1. The molecular weight excluding hydrogens is 146 g/mol. The number of hydrogen-bond acceptors (Lipinski definition) is 1. The van der Waals surface area contributed by atoms with Crippen LogP contribution in [-0.2, 0) is 0 Å². The Morgan fingerprint density at radius 2 is 2.42 bits per heavy atom. The van der Waals surface area contributed by atoms with Crippen molar-refractivity contribution in [2.24, 2.45) is 5.92 Å². The molecule has 0 fully saturated rings. The minimum Gasteiger partial charge on any atom is -0.193 e. The Labute approximate surface area is 74.4 Å². The van der Waals surface area contributed by atoms with E-state index in [4.69, 9.17) is 5.26 Å². The van der Waals surface area contributed by atoms with Crippen LogP contribution in [0.5, 0.6) is 0 Å². The molecule has 1 aliphatic rings. The molecule has 0 saturated carbocycles. The highest BCUT2D eigenvalue weighted by molar-refractivity contribution is 5.29. The van der Waals surface area contributed by atoms with Crippen molar-refractivity contribution in [3.63, 3.8) is 0 Å². The van der Waals surface area contributed by atoms with Crippen LogP contribution >= 0.6 is 0 Å². The lowest BCUT2D eigenvalue weighted by atomic mass is 9.87. The van der Waals surface area contributed by atoms with E-state index in [9.17, 15) is 0 Å². The van der Waals surface area contributed by atoms with Gasteiger partial charge < -0.3 is 0 Å². The van der Waals surface area contributed by atoms with Crippen LogP contribution in [-0.4, -0.2) is 0 Å². The van der Waals surface area contributed by atoms with Gasteiger partial charge in [0, 0.05) is 11.5 Å². The topological polar surface area (TPSA) is 23.8 Å². The van der Waals surface area contributed by atoms with Gasteiger partial charge in [-0.25, -0.2) is 0 Å². The van der Waals surface area contributed by atoms with Gasteiger partial charge in [-0.05, 0) is 33.1 Å². The molecule has 0 spiro atoms. The number of allylic oxidation sites excluding steroid dienone is 4. The third kappa shape index (κ3) is 2.23. The second-order valence-corrected chi connectivity index (χ2v) is 3.55. The van der Waals surface area contributed by atoms with E-state index in [1.807, 2.05) is 0 Å². The van der Waals surface area contributed by atoms with Crippen LogP contribution in [0.2, 0.25) is 0 Å². The van der Waals surface area contributed by atoms with Crippen molar-refractivity contribution in [3.8, 4) is 6.07 Å². The normalized spacial score (nSPS) is 22.4. The molecule has 0 aliphatic heterocycles. The Kier molecular flexibility index (Phi) is 3.10. The Morgan fingerprint density at radius 1 is 1.67 bits per heavy atom. The third-order valence-electron chi connectivity index (χ3n) is 2.15. The van der Waals surface area contributed by atoms with E-state index < -0.39 is 0 Å². The average Bonchev–Trinajstić information content (AvgIpc) is 2.04. The first-order chi connectivity index (χ1) is 5.74. The second-order valence-electron chi connectivity index (χ2n) is 3.55. The highest BCUT2D eigenvalue weighted by Gasteiger charge is 2.14. The Morgan fingerprint density at radius 3 is 3.00 bits per heavy atom. The minimum atomic E-state index is 0.397. The fourth-order valence-corrected chi connectivity index (χ4v) is 1.61. The van der Waals surface area contributed by atoms with Gasteiger partial charge in [0.1, 0.15) is 0 Å². The largest absolute Gasteiger partial charge is 0.193 e. The molecule has 1 atom stereocenters. The van der Waals surface area contributed by atoms with Gasteiger partial charge in [0.15, 0.2) is 0 Å². The van der Waals surface area contributed by atoms with Gasteiger partial charge >= 0.3 is 0 Å². The molecule has 1 heteroatoms. The van der Waals surface area contributed by atoms with Gasteiger partial charge in [-0.2, -0.15) is 5.26 Å². The summed E-state index contributed by atoms with van der Waals surface area (Å²) in [5.74, 6) is 0.397. The molecule has 0 aromatic heterocycles. The molecule has 1 aliphatic carbocycles. The van der Waals surface area contributed by atoms with Crippen LogP contribution in [0.4, 0.5) is 0 Å². The SMILES string of the molecule is CC(C)=CC1CCCC=C1C#N. The number of rotatable bonds is 1. The summed E-state index contributed by atoms with van der Waals surface area (Å²) in [6.07, 6.45) is 7.72. The maximum atomic E-state index is 8.83. The van der Waals surface area contributed by atoms with Crippen molar-refractivity contribution in [1.29, 1.82) is 5.26 Å². The summed E-state index contributed by atoms with van der Waals surface area (Å²) in [6.45, 7) is 4.17. The molecule has 1 nitrogen and oxygen atoms in total. The number of hydrogen-bond donors (Lipinski definition) is 0. The van der Waals surface area contributed by atoms with Crippen molar-refractivity contribution in [1.82, 2.24) is 0 Å². The van der Waals surface area contributed by atoms with Gasteiger partial charge in [-0.15, -0.1) is 0 Å². The lowest BCUT2D eigenvalue weighted by Gasteiger charge is -2.16. The molecule has 0 aromatic carbocycles. The van der Waals surface area contributed by atoms with Crippen LogP contribution in [0, 0.1) is 17.2 Å². The van der Waals surface area contributed by atoms with E-state index in [-0.39, 0.29) is 0 Å². The van der Waals surface area contributed by atoms with Gasteiger partial charge in [0.2, 0.25) is 0 Å². The van der Waals surface area contributed by atoms with Crippen molar-refractivity contribution in [2.45, 2.75) is 33.1 Å². The average molecular weight is 161 g/mol. The summed E-state index contributed by atoms with van der Waals surface area (Å²) >= 11 is 0. The predicted molar refractivity (Wildman–Crippen MR) is 50.5 cm³/mol. The van der Waals surface area contributed by atoms with Crippen LogP contribution in [0.15, 0.2) is 23.3 Å². The second kappa shape index (κ2) is 4.11. The first kappa shape index (κ1) is 9.06. The molecule has 0 heterocycles. The van der Waals surface area contributed by atoms with Crippen molar-refractivity contribution in [3.05, 3.63) is 23.3 Å². The fourth-order valence-electron chi connectivity index (χ4n) is 1.61. The van der Waals surface area contributed by atoms with Crippen molar-refractivity contribution in [2.75, 3.05) is 0 Å². The van der Waals surface area contributed by atoms with Crippen LogP contribution in [0.3, 0.4) is 0 Å². The molecule has 0 aromatic rings. The van der Waals surface area contributed by atoms with Gasteiger partial charge in [-0.1, -0.05) is 17.7 Å². The molecular formula is C11H15N. The maximum absolute atomic E-state index is 8.83. The maximum Gasteiger partial charge on any atom is 0.0950 e. The summed E-state index contributed by atoms with van der Waals surface area (Å²) in [5, 5.41) is 8.83. The predicted octanol–water partition coefficient (Wildman–Crippen LogP) is 3.20. The first-order valence-corrected chi connectivity index (χ1v) is 4.49. The zero-order valence-corrected chi connectivity index (χ0v) is 7.80. The fraction of sp³-hybridized carbons (Fsp3) is 0.545. The summed E-state index contributed by atoms with van der Waals surface area (Å²) in [7, 11) is 0. The monoisotopic (exact) mass is 161 g/mol. The molecule has 0 saturated heterocycles. The minimum absolute atomic E-state index is 0.397. The summed E-state index contributed by atoms with van der Waals surface area (Å²) in [4.78, 5) is 0. The van der Waals surface area contributed by atoms with E-state index in [1.165, 1.54) is 12.0 Å². The smallest absolute Gasteiger partial charge is 0.0950 e. The highest BCUT2D eigenvalue weighted by Crippen LogP contribution is 2.26. The van der Waals surface area contributed by atoms with Gasteiger partial charge in [-0.3, -0.25) is 0 Å². The van der Waals surface area contributed by atoms with E-state index >= 15 is 0 Å². The first-order valence-electron chi connectivity index (χ1n) is 4.49. The number of nitrogens with zero attached hydrogens (tertiary/aromatic N) is 1. The van der Waals surface area contributed by atoms with Gasteiger partial charge in [0.25, 0.3) is 0 Å². The summed E-state index contributed by atoms with van der Waals surface area (Å²) < 4.78 is 0. The standard InChI is InChI=1S/C11H15N/c1-9(2)7-10-5-3-4-6-11(10)8-12/h6-7,10H,3-5H2,1-2H3. The van der Waals surface area contributed by atoms with E-state index in [1.54, 1.807) is 0 Å². The van der Waals surface area contributed by atoms with Crippen molar-refractivity contribution >= 4 is 0 Å². The molecule has 0 bridgehead atoms. The highest BCUT2D eigenvalue weighted by atomic mass is 14.3. The lowest BCUT2D eigenvalue weighted by molar-refractivity contribution is 0.608. The zero-order chi connectivity index (χ0) is 8.97. The van der Waals surface area contributed by atoms with E-state index in [0.717, 1.165) is 18.4 Å². The summed E-state index contributed by atoms with van der Waals surface area (Å²) in [5.41, 5.74) is 2.27.